The van der Waals surface area contributed by atoms with Gasteiger partial charge in [0.15, 0.2) is 5.01 Å². The molecule has 0 saturated carbocycles. The highest BCUT2D eigenvalue weighted by Gasteiger charge is 2.43. The van der Waals surface area contributed by atoms with Crippen LogP contribution in [0, 0.1) is 0 Å². The van der Waals surface area contributed by atoms with Crippen molar-refractivity contribution in [2.24, 2.45) is 16.5 Å². The summed E-state index contributed by atoms with van der Waals surface area (Å²) in [5, 5.41) is 4.54. The Labute approximate surface area is 266 Å². The Balaban J connectivity index is 1.49. The molecular weight excluding hydrogens is 621 g/mol. The smallest absolute Gasteiger partial charge is 0.242 e. The summed E-state index contributed by atoms with van der Waals surface area (Å²) >= 11 is 1.13. The highest BCUT2D eigenvalue weighted by molar-refractivity contribution is 7.88. The fraction of sp³-hybridized carbons (Fsp3) is 0.517. The average molecular weight is 661 g/mol. The molecule has 2 aliphatic rings. The highest BCUT2D eigenvalue weighted by atomic mass is 32.2. The van der Waals surface area contributed by atoms with Gasteiger partial charge in [-0.05, 0) is 37.7 Å². The lowest BCUT2D eigenvalue weighted by molar-refractivity contribution is -0.146. The molecule has 0 aliphatic carbocycles. The van der Waals surface area contributed by atoms with Crippen LogP contribution in [-0.4, -0.2) is 108 Å². The summed E-state index contributed by atoms with van der Waals surface area (Å²) in [5.74, 6) is -2.29. The third-order valence-corrected chi connectivity index (χ3v) is 10.5. The van der Waals surface area contributed by atoms with Gasteiger partial charge in [0.25, 0.3) is 0 Å². The number of hydrogen-bond acceptors (Lipinski definition) is 10. The van der Waals surface area contributed by atoms with Crippen LogP contribution in [0.3, 0.4) is 0 Å². The van der Waals surface area contributed by atoms with Crippen molar-refractivity contribution in [3.05, 3.63) is 52.5 Å². The van der Waals surface area contributed by atoms with E-state index in [2.05, 4.69) is 15.3 Å². The largest absolute Gasteiger partial charge is 0.390 e. The van der Waals surface area contributed by atoms with Crippen molar-refractivity contribution in [2.45, 2.75) is 62.5 Å². The number of carbonyl (C=O) groups is 4. The van der Waals surface area contributed by atoms with Crippen molar-refractivity contribution in [3.63, 3.8) is 0 Å². The number of Topliss-reactive ketones (excluding diaryl/α,β-unsaturated/α-hetero) is 1. The summed E-state index contributed by atoms with van der Waals surface area (Å²) in [6.07, 6.45) is 4.63. The summed E-state index contributed by atoms with van der Waals surface area (Å²) in [7, 11) is -3.99. The van der Waals surface area contributed by atoms with Gasteiger partial charge in [-0.3, -0.25) is 24.2 Å². The minimum Gasteiger partial charge on any atom is -0.390 e. The van der Waals surface area contributed by atoms with Crippen molar-refractivity contribution in [1.29, 1.82) is 0 Å². The molecule has 14 nitrogen and oxygen atoms in total. The van der Waals surface area contributed by atoms with Crippen LogP contribution >= 0.6 is 11.3 Å². The summed E-state index contributed by atoms with van der Waals surface area (Å²) in [5.41, 5.74) is 11.8. The number of piperidine rings is 1. The van der Waals surface area contributed by atoms with Gasteiger partial charge in [0.1, 0.15) is 6.04 Å². The summed E-state index contributed by atoms with van der Waals surface area (Å²) in [6.45, 7) is 0.540. The molecule has 3 heterocycles. The van der Waals surface area contributed by atoms with E-state index < -0.39 is 52.4 Å². The number of aromatic nitrogens is 1. The van der Waals surface area contributed by atoms with Gasteiger partial charge in [-0.25, -0.2) is 13.4 Å². The normalized spacial score (nSPS) is 19.4. The number of piperazine rings is 1. The second-order valence-electron chi connectivity index (χ2n) is 11.0. The number of nitrogens with two attached hydrogens (primary N) is 2. The fourth-order valence-electron chi connectivity index (χ4n) is 5.50. The lowest BCUT2D eigenvalue weighted by Gasteiger charge is -2.40. The maximum atomic E-state index is 13.8. The number of benzene rings is 1. The van der Waals surface area contributed by atoms with Crippen LogP contribution < -0.4 is 16.8 Å². The molecule has 1 aromatic carbocycles. The van der Waals surface area contributed by atoms with Gasteiger partial charge in [0, 0.05) is 37.8 Å². The number of sulfonamides is 1. The third-order valence-electron chi connectivity index (χ3n) is 7.82. The summed E-state index contributed by atoms with van der Waals surface area (Å²) in [4.78, 5) is 64.3. The first kappa shape index (κ1) is 34.1. The van der Waals surface area contributed by atoms with Crippen LogP contribution in [0.5, 0.6) is 0 Å². The van der Waals surface area contributed by atoms with Crippen molar-refractivity contribution in [1.82, 2.24) is 24.4 Å². The Kier molecular flexibility index (Phi) is 12.2. The van der Waals surface area contributed by atoms with Crippen LogP contribution in [0.25, 0.3) is 0 Å². The van der Waals surface area contributed by atoms with E-state index in [0.29, 0.717) is 18.7 Å². The molecule has 1 unspecified atom stereocenters. The number of amides is 3. The summed E-state index contributed by atoms with van der Waals surface area (Å²) in [6, 6.07) is 6.34. The van der Waals surface area contributed by atoms with Gasteiger partial charge in [0.05, 0.1) is 37.3 Å². The number of likely N-dealkylation sites (tertiary alicyclic amines) is 1. The molecule has 2 aliphatic heterocycles. The van der Waals surface area contributed by atoms with E-state index in [1.54, 1.807) is 40.6 Å². The van der Waals surface area contributed by atoms with E-state index in [4.69, 9.17) is 11.5 Å². The molecule has 3 atom stereocenters. The first-order valence-electron chi connectivity index (χ1n) is 14.9. The first-order chi connectivity index (χ1) is 21.6. The van der Waals surface area contributed by atoms with Gasteiger partial charge in [-0.2, -0.15) is 4.31 Å². The lowest BCUT2D eigenvalue weighted by atomic mass is 10.1. The molecule has 5 N–H and O–H groups in total. The van der Waals surface area contributed by atoms with Crippen molar-refractivity contribution >= 4 is 51.2 Å². The van der Waals surface area contributed by atoms with Gasteiger partial charge in [-0.1, -0.05) is 30.3 Å². The predicted molar refractivity (Wildman–Crippen MR) is 169 cm³/mol. The van der Waals surface area contributed by atoms with Crippen molar-refractivity contribution < 1.29 is 27.6 Å². The molecular formula is C29H40N8O6S2. The van der Waals surface area contributed by atoms with E-state index in [1.165, 1.54) is 11.1 Å². The topological polar surface area (TPSA) is 201 Å². The van der Waals surface area contributed by atoms with Gasteiger partial charge >= 0.3 is 0 Å². The second kappa shape index (κ2) is 16.0. The number of ketones is 1. The Bertz CT molecular complexity index is 1450. The minimum atomic E-state index is -3.99. The zero-order valence-electron chi connectivity index (χ0n) is 25.0. The summed E-state index contributed by atoms with van der Waals surface area (Å²) < 4.78 is 28.3. The molecule has 2 aromatic rings. The Hall–Kier alpha value is -3.73. The molecule has 45 heavy (non-hydrogen) atoms. The SMILES string of the molecule is NC=NC(N)CC[C@H](NC(=O)CN1CCN(S(=O)(=O)Cc2ccccc2)[C@@H](CC(=O)N2CCCCC2)C1=O)C(=O)c1nccs1. The second-order valence-corrected chi connectivity index (χ2v) is 13.9. The van der Waals surface area contributed by atoms with Crippen LogP contribution in [0.15, 0.2) is 46.9 Å². The van der Waals surface area contributed by atoms with Crippen LogP contribution in [0.2, 0.25) is 0 Å². The van der Waals surface area contributed by atoms with E-state index in [-0.39, 0.29) is 49.0 Å². The number of thiazole rings is 1. The van der Waals surface area contributed by atoms with Crippen molar-refractivity contribution in [2.75, 3.05) is 32.7 Å². The Morgan fingerprint density at radius 2 is 1.82 bits per heavy atom. The quantitative estimate of drug-likeness (QED) is 0.145. The van der Waals surface area contributed by atoms with Gasteiger partial charge in [0.2, 0.25) is 33.5 Å². The van der Waals surface area contributed by atoms with E-state index in [1.807, 2.05) is 0 Å². The lowest BCUT2D eigenvalue weighted by Crippen LogP contribution is -2.61. The molecule has 0 spiro atoms. The highest BCUT2D eigenvalue weighted by Crippen LogP contribution is 2.23. The monoisotopic (exact) mass is 660 g/mol. The minimum absolute atomic E-state index is 0.0597. The number of nitrogens with one attached hydrogen (secondary N) is 1. The molecule has 3 amide bonds. The maximum absolute atomic E-state index is 13.8. The van der Waals surface area contributed by atoms with Crippen LogP contribution in [-0.2, 0) is 30.2 Å². The Morgan fingerprint density at radius 3 is 2.49 bits per heavy atom. The standard InChI is InChI=1S/C29H40N8O6S2/c30-20-33-24(31)10-9-22(27(40)28-32-11-16-44-28)34-25(38)18-36-14-15-37(45(42,43)19-21-7-3-1-4-8-21)23(29(36)41)17-26(39)35-12-5-2-6-13-35/h1,3-4,7-8,11,16,20,22-24H,2,5-6,9-10,12-15,17-19,31H2,(H2,30,33)(H,34,38)/t22-,23-,24?/m0/s1. The molecule has 1 aromatic heterocycles. The van der Waals surface area contributed by atoms with E-state index in [0.717, 1.165) is 41.2 Å². The average Bonchev–Trinajstić information content (AvgIpc) is 3.57. The van der Waals surface area contributed by atoms with Crippen LogP contribution in [0.4, 0.5) is 0 Å². The number of aliphatic imine (C=N–C) groups is 1. The number of carbonyl (C=O) groups excluding carboxylic acids is 4. The molecule has 4 rings (SSSR count). The number of nitrogens with zero attached hydrogens (tertiary/aromatic N) is 5. The molecule has 0 bridgehead atoms. The zero-order valence-corrected chi connectivity index (χ0v) is 26.6. The fourth-order valence-corrected chi connectivity index (χ4v) is 7.83. The first-order valence-corrected chi connectivity index (χ1v) is 17.4. The van der Waals surface area contributed by atoms with Gasteiger partial charge < -0.3 is 26.6 Å². The Morgan fingerprint density at radius 1 is 1.09 bits per heavy atom. The molecule has 244 valence electrons. The van der Waals surface area contributed by atoms with E-state index in [9.17, 15) is 27.6 Å². The van der Waals surface area contributed by atoms with Crippen LogP contribution in [0.1, 0.15) is 53.9 Å². The third kappa shape index (κ3) is 9.39. The predicted octanol–water partition coefficient (Wildman–Crippen LogP) is 0.308. The maximum Gasteiger partial charge on any atom is 0.242 e. The van der Waals surface area contributed by atoms with Crippen molar-refractivity contribution in [3.8, 4) is 0 Å². The van der Waals surface area contributed by atoms with Gasteiger partial charge in [-0.15, -0.1) is 11.3 Å². The molecule has 0 radical (unpaired) electrons. The molecule has 2 saturated heterocycles. The zero-order chi connectivity index (χ0) is 32.4. The number of hydrogen-bond donors (Lipinski definition) is 3. The van der Waals surface area contributed by atoms with E-state index >= 15 is 0 Å². The number of rotatable bonds is 14. The molecule has 2 fully saturated rings. The molecule has 16 heteroatoms.